The van der Waals surface area contributed by atoms with E-state index in [1.54, 1.807) is 0 Å². The van der Waals surface area contributed by atoms with E-state index in [2.05, 4.69) is 117 Å². The van der Waals surface area contributed by atoms with Crippen molar-refractivity contribution in [3.8, 4) is 0 Å². The van der Waals surface area contributed by atoms with Crippen molar-refractivity contribution in [3.63, 3.8) is 0 Å². The molecule has 0 saturated carbocycles. The van der Waals surface area contributed by atoms with Crippen molar-refractivity contribution in [2.45, 2.75) is 36.5 Å². The molecular formula is C31H26S. The summed E-state index contributed by atoms with van der Waals surface area (Å²) in [6.45, 7) is 4.68. The van der Waals surface area contributed by atoms with Gasteiger partial charge in [0, 0.05) is 21.1 Å². The van der Waals surface area contributed by atoms with E-state index in [0.717, 1.165) is 6.42 Å². The summed E-state index contributed by atoms with van der Waals surface area (Å²) in [6.07, 6.45) is 5.80. The lowest BCUT2D eigenvalue weighted by Crippen LogP contribution is -2.19. The Morgan fingerprint density at radius 3 is 2.50 bits per heavy atom. The monoisotopic (exact) mass is 430 g/mol. The van der Waals surface area contributed by atoms with E-state index < -0.39 is 0 Å². The third kappa shape index (κ3) is 3.07. The molecule has 1 atom stereocenters. The maximum Gasteiger partial charge on any atom is 0.0205 e. The molecule has 1 heterocycles. The van der Waals surface area contributed by atoms with E-state index in [-0.39, 0.29) is 5.41 Å². The van der Waals surface area contributed by atoms with Gasteiger partial charge in [0.25, 0.3) is 0 Å². The van der Waals surface area contributed by atoms with E-state index in [1.807, 2.05) is 11.8 Å². The number of hydrogen-bond acceptors (Lipinski definition) is 1. The van der Waals surface area contributed by atoms with Crippen molar-refractivity contribution >= 4 is 28.1 Å². The summed E-state index contributed by atoms with van der Waals surface area (Å²) in [5, 5.41) is 2.66. The Balaban J connectivity index is 1.51. The molecular weight excluding hydrogens is 404 g/mol. The third-order valence-electron chi connectivity index (χ3n) is 7.11. The number of fused-ring (bicyclic) bond motifs is 4. The Labute approximate surface area is 194 Å². The topological polar surface area (TPSA) is 0 Å². The van der Waals surface area contributed by atoms with Crippen LogP contribution in [0.25, 0.3) is 16.3 Å². The zero-order chi connectivity index (χ0) is 21.7. The SMILES string of the molecule is CC(C)(c1ccccc1)c1cccc2ccc(C3=C4Sc5ccccc5[C@H]4CC=C3)cc12. The van der Waals surface area contributed by atoms with E-state index in [1.165, 1.54) is 48.4 Å². The highest BCUT2D eigenvalue weighted by Crippen LogP contribution is 2.54. The molecule has 0 N–H and O–H groups in total. The van der Waals surface area contributed by atoms with Gasteiger partial charge in [-0.2, -0.15) is 0 Å². The Bertz CT molecular complexity index is 1390. The first-order valence-corrected chi connectivity index (χ1v) is 12.2. The second-order valence-electron chi connectivity index (χ2n) is 9.34. The molecule has 156 valence electrons. The maximum absolute atomic E-state index is 2.42. The van der Waals surface area contributed by atoms with Gasteiger partial charge in [0.2, 0.25) is 0 Å². The molecule has 1 aliphatic carbocycles. The fourth-order valence-corrected chi connectivity index (χ4v) is 6.68. The van der Waals surface area contributed by atoms with Gasteiger partial charge >= 0.3 is 0 Å². The fourth-order valence-electron chi connectivity index (χ4n) is 5.31. The Hall–Kier alpha value is -3.03. The zero-order valence-electron chi connectivity index (χ0n) is 18.5. The van der Waals surface area contributed by atoms with Crippen LogP contribution in [0.15, 0.2) is 113 Å². The van der Waals surface area contributed by atoms with Crippen LogP contribution in [0, 0.1) is 0 Å². The Morgan fingerprint density at radius 2 is 1.62 bits per heavy atom. The second-order valence-corrected chi connectivity index (χ2v) is 10.4. The molecule has 1 heteroatoms. The molecule has 4 aromatic carbocycles. The molecule has 0 unspecified atom stereocenters. The highest BCUT2D eigenvalue weighted by molar-refractivity contribution is 8.03. The van der Waals surface area contributed by atoms with Crippen LogP contribution in [0.3, 0.4) is 0 Å². The summed E-state index contributed by atoms with van der Waals surface area (Å²) in [7, 11) is 0. The van der Waals surface area contributed by atoms with Crippen LogP contribution in [-0.4, -0.2) is 0 Å². The van der Waals surface area contributed by atoms with Crippen molar-refractivity contribution < 1.29 is 0 Å². The standard InChI is InChI=1S/C31H26S/c1-31(2,23-11-4-3-5-12-23)28-16-8-10-21-18-19-22(20-27(21)28)24-14-9-15-26-25-13-6-7-17-29(25)32-30(24)26/h3-14,16-20,26H,15H2,1-2H3/t26-/m1/s1. The van der Waals surface area contributed by atoms with Gasteiger partial charge in [0.1, 0.15) is 0 Å². The van der Waals surface area contributed by atoms with Crippen LogP contribution >= 0.6 is 11.8 Å². The Kier molecular flexibility index (Phi) is 4.62. The summed E-state index contributed by atoms with van der Waals surface area (Å²) >= 11 is 1.96. The number of rotatable bonds is 3. The van der Waals surface area contributed by atoms with Crippen LogP contribution in [0.2, 0.25) is 0 Å². The largest absolute Gasteiger partial charge is 0.0929 e. The Morgan fingerprint density at radius 1 is 0.812 bits per heavy atom. The molecule has 0 nitrogen and oxygen atoms in total. The molecule has 2 aliphatic rings. The van der Waals surface area contributed by atoms with Gasteiger partial charge in [-0.25, -0.2) is 0 Å². The first-order chi connectivity index (χ1) is 15.6. The lowest BCUT2D eigenvalue weighted by atomic mass is 9.76. The minimum atomic E-state index is -0.0690. The van der Waals surface area contributed by atoms with Gasteiger partial charge in [0.05, 0.1) is 0 Å². The van der Waals surface area contributed by atoms with Gasteiger partial charge < -0.3 is 0 Å². The lowest BCUT2D eigenvalue weighted by Gasteiger charge is -2.28. The summed E-state index contributed by atoms with van der Waals surface area (Å²) in [5.74, 6) is 0.503. The van der Waals surface area contributed by atoms with Gasteiger partial charge in [-0.05, 0) is 57.2 Å². The highest BCUT2D eigenvalue weighted by atomic mass is 32.2. The van der Waals surface area contributed by atoms with E-state index in [4.69, 9.17) is 0 Å². The van der Waals surface area contributed by atoms with Crippen molar-refractivity contribution in [2.75, 3.05) is 0 Å². The quantitative estimate of drug-likeness (QED) is 0.313. The predicted molar refractivity (Wildman–Crippen MR) is 138 cm³/mol. The van der Waals surface area contributed by atoms with Gasteiger partial charge in [-0.1, -0.05) is 117 Å². The highest BCUT2D eigenvalue weighted by Gasteiger charge is 2.31. The van der Waals surface area contributed by atoms with Gasteiger partial charge in [0.15, 0.2) is 0 Å². The smallest absolute Gasteiger partial charge is 0.0205 e. The number of allylic oxidation sites excluding steroid dienone is 4. The van der Waals surface area contributed by atoms with E-state index >= 15 is 0 Å². The molecule has 0 amide bonds. The van der Waals surface area contributed by atoms with Crippen molar-refractivity contribution in [3.05, 3.63) is 130 Å². The molecule has 1 aliphatic heterocycles. The molecule has 0 radical (unpaired) electrons. The minimum Gasteiger partial charge on any atom is -0.0929 e. The van der Waals surface area contributed by atoms with Gasteiger partial charge in [-0.15, -0.1) is 0 Å². The third-order valence-corrected chi connectivity index (χ3v) is 8.43. The van der Waals surface area contributed by atoms with E-state index in [0.29, 0.717) is 5.92 Å². The first-order valence-electron chi connectivity index (χ1n) is 11.4. The molecule has 32 heavy (non-hydrogen) atoms. The average molecular weight is 431 g/mol. The fraction of sp³-hybridized carbons (Fsp3) is 0.161. The number of benzene rings is 4. The summed E-state index contributed by atoms with van der Waals surface area (Å²) < 4.78 is 0. The molecule has 0 spiro atoms. The normalized spacial score (nSPS) is 17.5. The average Bonchev–Trinajstić information content (AvgIpc) is 3.23. The minimum absolute atomic E-state index is 0.0690. The van der Waals surface area contributed by atoms with Gasteiger partial charge in [-0.3, -0.25) is 0 Å². The van der Waals surface area contributed by atoms with Crippen molar-refractivity contribution in [1.82, 2.24) is 0 Å². The van der Waals surface area contributed by atoms with E-state index in [9.17, 15) is 0 Å². The number of hydrogen-bond donors (Lipinski definition) is 0. The summed E-state index contributed by atoms with van der Waals surface area (Å²) in [5.41, 5.74) is 6.86. The summed E-state index contributed by atoms with van der Waals surface area (Å²) in [4.78, 5) is 2.92. The molecule has 6 rings (SSSR count). The molecule has 0 bridgehead atoms. The van der Waals surface area contributed by atoms with Crippen LogP contribution < -0.4 is 0 Å². The molecule has 0 aromatic heterocycles. The van der Waals surface area contributed by atoms with Crippen molar-refractivity contribution in [1.29, 1.82) is 0 Å². The van der Waals surface area contributed by atoms with Crippen LogP contribution in [-0.2, 0) is 5.41 Å². The molecule has 0 fully saturated rings. The predicted octanol–water partition coefficient (Wildman–Crippen LogP) is 8.73. The first kappa shape index (κ1) is 19.6. The summed E-state index contributed by atoms with van der Waals surface area (Å²) in [6, 6.07) is 33.5. The zero-order valence-corrected chi connectivity index (χ0v) is 19.3. The van der Waals surface area contributed by atoms with Crippen molar-refractivity contribution in [2.24, 2.45) is 0 Å². The van der Waals surface area contributed by atoms with Crippen LogP contribution in [0.1, 0.15) is 48.4 Å². The second kappa shape index (κ2) is 7.53. The molecule has 0 saturated heterocycles. The lowest BCUT2D eigenvalue weighted by molar-refractivity contribution is 0.647. The molecule has 4 aromatic rings. The van der Waals surface area contributed by atoms with Crippen LogP contribution in [0.5, 0.6) is 0 Å². The maximum atomic E-state index is 2.42. The van der Waals surface area contributed by atoms with Crippen LogP contribution in [0.4, 0.5) is 0 Å². The number of thioether (sulfide) groups is 1.